The maximum Gasteiger partial charge on any atom is 0.166 e. The number of benzene rings is 2. The van der Waals surface area contributed by atoms with E-state index in [2.05, 4.69) is 0 Å². The number of hydrogen-bond donors (Lipinski definition) is 1. The van der Waals surface area contributed by atoms with E-state index in [4.69, 9.17) is 26.8 Å². The highest BCUT2D eigenvalue weighted by atomic mass is 35.5. The summed E-state index contributed by atoms with van der Waals surface area (Å²) in [5, 5.41) is 0.0742. The minimum absolute atomic E-state index is 0.0553. The molecule has 0 radical (unpaired) electrons. The van der Waals surface area contributed by atoms with Gasteiger partial charge in [0.05, 0.1) is 12.1 Å². The lowest BCUT2D eigenvalue weighted by Gasteiger charge is -2.14. The number of methoxy groups -OCH3 is 1. The Bertz CT molecular complexity index is 582. The summed E-state index contributed by atoms with van der Waals surface area (Å²) in [4.78, 5) is 0. The number of ether oxygens (including phenoxy) is 2. The van der Waals surface area contributed by atoms with Crippen LogP contribution >= 0.6 is 11.6 Å². The molecule has 0 aliphatic rings. The molecule has 2 N–H and O–H groups in total. The van der Waals surface area contributed by atoms with Crippen molar-refractivity contribution < 1.29 is 13.9 Å². The number of nitrogens with two attached hydrogens (primary N) is 1. The van der Waals surface area contributed by atoms with Crippen LogP contribution in [0.4, 0.5) is 4.39 Å². The maximum atomic E-state index is 13.8. The summed E-state index contributed by atoms with van der Waals surface area (Å²) in [5.41, 5.74) is 6.85. The molecule has 0 aliphatic heterocycles. The molecule has 5 heteroatoms. The van der Waals surface area contributed by atoms with Gasteiger partial charge in [0, 0.05) is 17.7 Å². The number of rotatable bonds is 5. The van der Waals surface area contributed by atoms with Gasteiger partial charge in [0.15, 0.2) is 11.5 Å². The van der Waals surface area contributed by atoms with Gasteiger partial charge >= 0.3 is 0 Å². The molecular formula is C15H15ClFNO2. The van der Waals surface area contributed by atoms with Crippen molar-refractivity contribution in [2.75, 3.05) is 7.11 Å². The molecule has 0 bridgehead atoms. The summed E-state index contributed by atoms with van der Waals surface area (Å²) in [6.07, 6.45) is 0. The first kappa shape index (κ1) is 14.6. The average Bonchev–Trinajstić information content (AvgIpc) is 2.48. The lowest BCUT2D eigenvalue weighted by atomic mass is 10.2. The van der Waals surface area contributed by atoms with Crippen LogP contribution in [0.25, 0.3) is 0 Å². The van der Waals surface area contributed by atoms with Crippen LogP contribution in [0, 0.1) is 5.82 Å². The SMILES string of the molecule is COc1cccc(CN)c1OCc1cccc(Cl)c1F. The molecule has 0 unspecified atom stereocenters. The molecule has 0 heterocycles. The Balaban J connectivity index is 2.24. The van der Waals surface area contributed by atoms with Gasteiger partial charge in [-0.15, -0.1) is 0 Å². The fourth-order valence-corrected chi connectivity index (χ4v) is 2.05. The maximum absolute atomic E-state index is 13.8. The van der Waals surface area contributed by atoms with E-state index in [1.165, 1.54) is 6.07 Å². The van der Waals surface area contributed by atoms with Crippen molar-refractivity contribution in [1.29, 1.82) is 0 Å². The molecule has 2 rings (SSSR count). The molecule has 0 aromatic heterocycles. The molecule has 106 valence electrons. The second kappa shape index (κ2) is 6.59. The van der Waals surface area contributed by atoms with Gasteiger partial charge in [0.1, 0.15) is 12.4 Å². The Kier molecular flexibility index (Phi) is 4.82. The summed E-state index contributed by atoms with van der Waals surface area (Å²) in [5.74, 6) is 0.616. The van der Waals surface area contributed by atoms with Gasteiger partial charge < -0.3 is 15.2 Å². The van der Waals surface area contributed by atoms with Crippen molar-refractivity contribution >= 4 is 11.6 Å². The largest absolute Gasteiger partial charge is 0.493 e. The highest BCUT2D eigenvalue weighted by Crippen LogP contribution is 2.32. The number of para-hydroxylation sites is 1. The van der Waals surface area contributed by atoms with Crippen LogP contribution in [0.1, 0.15) is 11.1 Å². The highest BCUT2D eigenvalue weighted by molar-refractivity contribution is 6.30. The Morgan fingerprint density at radius 1 is 1.15 bits per heavy atom. The van der Waals surface area contributed by atoms with Crippen LogP contribution in [0.5, 0.6) is 11.5 Å². The summed E-state index contributed by atoms with van der Waals surface area (Å²) in [6, 6.07) is 10.2. The van der Waals surface area contributed by atoms with Gasteiger partial charge in [-0.3, -0.25) is 0 Å². The summed E-state index contributed by atoms with van der Waals surface area (Å²) >= 11 is 5.74. The molecule has 2 aromatic rings. The fourth-order valence-electron chi connectivity index (χ4n) is 1.86. The van der Waals surface area contributed by atoms with Gasteiger partial charge in [-0.2, -0.15) is 0 Å². The van der Waals surface area contributed by atoms with Gasteiger partial charge in [-0.05, 0) is 12.1 Å². The molecule has 2 aromatic carbocycles. The molecule has 0 aliphatic carbocycles. The molecule has 20 heavy (non-hydrogen) atoms. The van der Waals surface area contributed by atoms with Crippen molar-refractivity contribution in [3.63, 3.8) is 0 Å². The molecule has 0 fully saturated rings. The zero-order valence-electron chi connectivity index (χ0n) is 11.0. The molecular weight excluding hydrogens is 281 g/mol. The Hall–Kier alpha value is -1.78. The monoisotopic (exact) mass is 295 g/mol. The van der Waals surface area contributed by atoms with Crippen molar-refractivity contribution in [3.05, 3.63) is 58.4 Å². The molecule has 0 spiro atoms. The minimum Gasteiger partial charge on any atom is -0.493 e. The normalized spacial score (nSPS) is 10.4. The van der Waals surface area contributed by atoms with Crippen LogP contribution in [0.15, 0.2) is 36.4 Å². The Morgan fingerprint density at radius 3 is 2.55 bits per heavy atom. The lowest BCUT2D eigenvalue weighted by Crippen LogP contribution is -2.05. The van der Waals surface area contributed by atoms with E-state index in [9.17, 15) is 4.39 Å². The van der Waals surface area contributed by atoms with Crippen LogP contribution in [-0.4, -0.2) is 7.11 Å². The first-order valence-corrected chi connectivity index (χ1v) is 6.46. The Labute approximate surface area is 122 Å². The smallest absolute Gasteiger partial charge is 0.166 e. The predicted octanol–water partition coefficient (Wildman–Crippen LogP) is 3.53. The van der Waals surface area contributed by atoms with E-state index in [1.54, 1.807) is 25.3 Å². The second-order valence-electron chi connectivity index (χ2n) is 4.15. The topological polar surface area (TPSA) is 44.5 Å². The Morgan fingerprint density at radius 2 is 1.85 bits per heavy atom. The van der Waals surface area contributed by atoms with E-state index in [0.717, 1.165) is 5.56 Å². The van der Waals surface area contributed by atoms with Gasteiger partial charge in [-0.25, -0.2) is 4.39 Å². The zero-order valence-corrected chi connectivity index (χ0v) is 11.8. The average molecular weight is 296 g/mol. The summed E-state index contributed by atoms with van der Waals surface area (Å²) < 4.78 is 24.7. The van der Waals surface area contributed by atoms with E-state index in [-0.39, 0.29) is 11.6 Å². The fraction of sp³-hybridized carbons (Fsp3) is 0.200. The van der Waals surface area contributed by atoms with Crippen molar-refractivity contribution in [2.45, 2.75) is 13.2 Å². The lowest BCUT2D eigenvalue weighted by molar-refractivity contribution is 0.277. The number of hydrogen-bond acceptors (Lipinski definition) is 3. The summed E-state index contributed by atoms with van der Waals surface area (Å²) in [7, 11) is 1.54. The minimum atomic E-state index is -0.474. The van der Waals surface area contributed by atoms with Crippen LogP contribution in [0.3, 0.4) is 0 Å². The predicted molar refractivity (Wildman–Crippen MR) is 76.6 cm³/mol. The third-order valence-corrected chi connectivity index (χ3v) is 3.20. The van der Waals surface area contributed by atoms with E-state index >= 15 is 0 Å². The first-order valence-electron chi connectivity index (χ1n) is 6.09. The standard InChI is InChI=1S/C15H15ClFNO2/c1-19-13-7-3-4-10(8-18)15(13)20-9-11-5-2-6-12(16)14(11)17/h2-7H,8-9,18H2,1H3. The van der Waals surface area contributed by atoms with Gasteiger partial charge in [0.25, 0.3) is 0 Å². The van der Waals surface area contributed by atoms with E-state index in [0.29, 0.717) is 23.6 Å². The van der Waals surface area contributed by atoms with Crippen LogP contribution < -0.4 is 15.2 Å². The van der Waals surface area contributed by atoms with Crippen LogP contribution in [0.2, 0.25) is 5.02 Å². The quantitative estimate of drug-likeness (QED) is 0.918. The van der Waals surface area contributed by atoms with Gasteiger partial charge in [-0.1, -0.05) is 35.9 Å². The molecule has 0 amide bonds. The van der Waals surface area contributed by atoms with Crippen molar-refractivity contribution in [3.8, 4) is 11.5 Å². The van der Waals surface area contributed by atoms with Crippen molar-refractivity contribution in [2.24, 2.45) is 5.73 Å². The third kappa shape index (κ3) is 3.03. The van der Waals surface area contributed by atoms with E-state index in [1.807, 2.05) is 12.1 Å². The zero-order chi connectivity index (χ0) is 14.5. The molecule has 0 saturated carbocycles. The van der Waals surface area contributed by atoms with E-state index < -0.39 is 5.82 Å². The van der Waals surface area contributed by atoms with Crippen LogP contribution in [-0.2, 0) is 13.2 Å². The second-order valence-corrected chi connectivity index (χ2v) is 4.56. The third-order valence-electron chi connectivity index (χ3n) is 2.90. The molecule has 0 atom stereocenters. The highest BCUT2D eigenvalue weighted by Gasteiger charge is 2.12. The summed E-state index contributed by atoms with van der Waals surface area (Å²) in [6.45, 7) is 0.365. The van der Waals surface area contributed by atoms with Crippen molar-refractivity contribution in [1.82, 2.24) is 0 Å². The molecule has 0 saturated heterocycles. The number of halogens is 2. The molecule has 3 nitrogen and oxygen atoms in total. The van der Waals surface area contributed by atoms with Gasteiger partial charge in [0.2, 0.25) is 0 Å². The first-order chi connectivity index (χ1) is 9.67.